The molecule has 2 heterocycles. The van der Waals surface area contributed by atoms with E-state index in [4.69, 9.17) is 4.74 Å². The van der Waals surface area contributed by atoms with Crippen LogP contribution in [0.3, 0.4) is 0 Å². The lowest BCUT2D eigenvalue weighted by Gasteiger charge is -2.28. The molecule has 2 saturated heterocycles. The van der Waals surface area contributed by atoms with Crippen LogP contribution in [0.1, 0.15) is 32.3 Å². The summed E-state index contributed by atoms with van der Waals surface area (Å²) in [4.78, 5) is 27.0. The fourth-order valence-corrected chi connectivity index (χ4v) is 4.77. The topological polar surface area (TPSA) is 46.6 Å². The molecular formula is C19H25NO3S. The second-order valence-corrected chi connectivity index (χ2v) is 8.22. The molecule has 0 bridgehead atoms. The van der Waals surface area contributed by atoms with Crippen molar-refractivity contribution in [1.29, 1.82) is 0 Å². The van der Waals surface area contributed by atoms with Crippen molar-refractivity contribution < 1.29 is 14.3 Å². The number of carbonyl (C=O) groups excluding carboxylic acids is 2. The molecule has 5 heteroatoms. The Bertz CT molecular complexity index is 590. The maximum Gasteiger partial charge on any atom is 0.252 e. The number of nitrogens with zero attached hydrogens (tertiary/aromatic N) is 1. The highest BCUT2D eigenvalue weighted by atomic mass is 32.2. The van der Waals surface area contributed by atoms with Gasteiger partial charge in [-0.1, -0.05) is 44.2 Å². The van der Waals surface area contributed by atoms with Gasteiger partial charge in [-0.05, 0) is 24.3 Å². The molecule has 1 aromatic carbocycles. The highest BCUT2D eigenvalue weighted by Crippen LogP contribution is 2.36. The molecule has 3 rings (SSSR count). The summed E-state index contributed by atoms with van der Waals surface area (Å²) in [5.74, 6) is 1.09. The Morgan fingerprint density at radius 3 is 2.79 bits per heavy atom. The minimum atomic E-state index is -0.470. The van der Waals surface area contributed by atoms with Gasteiger partial charge in [0, 0.05) is 11.8 Å². The molecule has 3 atom stereocenters. The Labute approximate surface area is 147 Å². The van der Waals surface area contributed by atoms with Crippen molar-refractivity contribution >= 4 is 23.5 Å². The van der Waals surface area contributed by atoms with E-state index in [9.17, 15) is 9.59 Å². The zero-order chi connectivity index (χ0) is 17.1. The van der Waals surface area contributed by atoms with Gasteiger partial charge in [-0.15, -0.1) is 11.8 Å². The van der Waals surface area contributed by atoms with Crippen LogP contribution in [0, 0.1) is 5.92 Å². The summed E-state index contributed by atoms with van der Waals surface area (Å²) in [5.41, 5.74) is 1.06. The van der Waals surface area contributed by atoms with E-state index in [2.05, 4.69) is 13.8 Å². The monoisotopic (exact) mass is 347 g/mol. The highest BCUT2D eigenvalue weighted by molar-refractivity contribution is 8.01. The van der Waals surface area contributed by atoms with Crippen LogP contribution in [0.4, 0.5) is 0 Å². The number of hydrogen-bond donors (Lipinski definition) is 0. The number of carbonyl (C=O) groups is 2. The molecule has 0 spiro atoms. The van der Waals surface area contributed by atoms with E-state index in [0.717, 1.165) is 12.0 Å². The van der Waals surface area contributed by atoms with Crippen molar-refractivity contribution in [3.8, 4) is 0 Å². The summed E-state index contributed by atoms with van der Waals surface area (Å²) in [6.45, 7) is 5.29. The largest absolute Gasteiger partial charge is 0.364 e. The van der Waals surface area contributed by atoms with Gasteiger partial charge >= 0.3 is 0 Å². The number of fused-ring (bicyclic) bond motifs is 1. The van der Waals surface area contributed by atoms with Gasteiger partial charge in [0.05, 0.1) is 12.4 Å². The predicted octanol–water partition coefficient (Wildman–Crippen LogP) is 2.90. The summed E-state index contributed by atoms with van der Waals surface area (Å²) in [7, 11) is 0. The van der Waals surface area contributed by atoms with Crippen molar-refractivity contribution in [1.82, 2.24) is 4.90 Å². The molecule has 2 aliphatic rings. The van der Waals surface area contributed by atoms with Crippen LogP contribution < -0.4 is 0 Å². The summed E-state index contributed by atoms with van der Waals surface area (Å²) < 4.78 is 5.99. The van der Waals surface area contributed by atoms with Gasteiger partial charge in [0.2, 0.25) is 0 Å². The molecule has 2 fully saturated rings. The van der Waals surface area contributed by atoms with Crippen LogP contribution in [0.5, 0.6) is 0 Å². The van der Waals surface area contributed by atoms with Gasteiger partial charge < -0.3 is 9.64 Å². The van der Waals surface area contributed by atoms with Crippen molar-refractivity contribution in [2.45, 2.75) is 50.7 Å². The van der Waals surface area contributed by atoms with Gasteiger partial charge in [-0.3, -0.25) is 9.59 Å². The number of hydrogen-bond acceptors (Lipinski definition) is 4. The van der Waals surface area contributed by atoms with Crippen molar-refractivity contribution in [3.63, 3.8) is 0 Å². The molecule has 24 heavy (non-hydrogen) atoms. The zero-order valence-corrected chi connectivity index (χ0v) is 15.1. The Morgan fingerprint density at radius 2 is 2.08 bits per heavy atom. The summed E-state index contributed by atoms with van der Waals surface area (Å²) in [6.07, 6.45) is 1.13. The van der Waals surface area contributed by atoms with Crippen LogP contribution in [0.2, 0.25) is 0 Å². The number of rotatable bonds is 6. The number of amides is 1. The summed E-state index contributed by atoms with van der Waals surface area (Å²) in [5, 5.41) is 0.287. The van der Waals surface area contributed by atoms with Crippen molar-refractivity contribution in [2.24, 2.45) is 5.92 Å². The molecule has 0 aromatic heterocycles. The van der Waals surface area contributed by atoms with Gasteiger partial charge in [0.1, 0.15) is 12.1 Å². The second kappa shape index (κ2) is 7.70. The number of ketones is 1. The number of likely N-dealkylation sites (tertiary alicyclic amines) is 1. The standard InChI is InChI=1S/C19H25NO3S/c1-13(2)10-16(23-11-14-6-4-3-5-7-14)19(22)20-9-8-17-18(20)15(21)12-24-17/h3-7,13,16-18H,8-12H2,1-2H3/t16-,17+,18+/m0/s1. The van der Waals surface area contributed by atoms with Gasteiger partial charge in [-0.2, -0.15) is 0 Å². The Hall–Kier alpha value is -1.33. The Morgan fingerprint density at radius 1 is 1.33 bits per heavy atom. The van der Waals surface area contributed by atoms with Crippen LogP contribution in [0.15, 0.2) is 30.3 Å². The third-order valence-electron chi connectivity index (χ3n) is 4.65. The third kappa shape index (κ3) is 3.83. The van der Waals surface area contributed by atoms with E-state index in [1.807, 2.05) is 30.3 Å². The van der Waals surface area contributed by atoms with E-state index in [1.165, 1.54) is 0 Å². The molecule has 1 aromatic rings. The molecule has 0 aliphatic carbocycles. The number of Topliss-reactive ketones (excluding diaryl/α,β-unsaturated/α-hetero) is 1. The average molecular weight is 347 g/mol. The van der Waals surface area contributed by atoms with Crippen LogP contribution in [-0.2, 0) is 20.9 Å². The molecule has 4 nitrogen and oxygen atoms in total. The first-order valence-electron chi connectivity index (χ1n) is 8.66. The van der Waals surface area contributed by atoms with E-state index >= 15 is 0 Å². The first-order chi connectivity index (χ1) is 11.6. The van der Waals surface area contributed by atoms with Gasteiger partial charge in [0.25, 0.3) is 5.91 Å². The fraction of sp³-hybridized carbons (Fsp3) is 0.579. The minimum absolute atomic E-state index is 0.0111. The summed E-state index contributed by atoms with van der Waals surface area (Å²) >= 11 is 1.69. The first kappa shape index (κ1) is 17.5. The molecular weight excluding hydrogens is 322 g/mol. The van der Waals surface area contributed by atoms with Crippen molar-refractivity contribution in [3.05, 3.63) is 35.9 Å². The lowest BCUT2D eigenvalue weighted by molar-refractivity contribution is -0.148. The smallest absolute Gasteiger partial charge is 0.252 e. The second-order valence-electron chi connectivity index (χ2n) is 7.00. The van der Waals surface area contributed by atoms with E-state index in [0.29, 0.717) is 31.2 Å². The third-order valence-corrected chi connectivity index (χ3v) is 6.02. The van der Waals surface area contributed by atoms with Crippen molar-refractivity contribution in [2.75, 3.05) is 12.3 Å². The lowest BCUT2D eigenvalue weighted by atomic mass is 10.0. The molecule has 2 aliphatic heterocycles. The maximum atomic E-state index is 13.0. The lowest BCUT2D eigenvalue weighted by Crippen LogP contribution is -2.47. The van der Waals surface area contributed by atoms with Gasteiger partial charge in [0.15, 0.2) is 5.78 Å². The summed E-state index contributed by atoms with van der Waals surface area (Å²) in [6, 6.07) is 9.68. The number of ether oxygens (including phenoxy) is 1. The average Bonchev–Trinajstić information content (AvgIpc) is 3.15. The normalized spacial score (nSPS) is 24.5. The number of thioether (sulfide) groups is 1. The first-order valence-corrected chi connectivity index (χ1v) is 9.71. The Balaban J connectivity index is 1.68. The molecule has 0 radical (unpaired) electrons. The van der Waals surface area contributed by atoms with Crippen LogP contribution >= 0.6 is 11.8 Å². The molecule has 0 unspecified atom stereocenters. The fourth-order valence-electron chi connectivity index (χ4n) is 3.47. The van der Waals surface area contributed by atoms with E-state index in [-0.39, 0.29) is 23.0 Å². The van der Waals surface area contributed by atoms with Crippen LogP contribution in [-0.4, -0.2) is 46.3 Å². The van der Waals surface area contributed by atoms with Gasteiger partial charge in [-0.25, -0.2) is 0 Å². The highest BCUT2D eigenvalue weighted by Gasteiger charge is 2.47. The predicted molar refractivity (Wildman–Crippen MR) is 95.8 cm³/mol. The molecule has 1 amide bonds. The molecule has 130 valence electrons. The Kier molecular flexibility index (Phi) is 5.61. The quantitative estimate of drug-likeness (QED) is 0.794. The molecule has 0 saturated carbocycles. The molecule has 0 N–H and O–H groups in total. The van der Waals surface area contributed by atoms with E-state index < -0.39 is 6.10 Å². The van der Waals surface area contributed by atoms with Crippen LogP contribution in [0.25, 0.3) is 0 Å². The maximum absolute atomic E-state index is 13.0. The van der Waals surface area contributed by atoms with E-state index in [1.54, 1.807) is 16.7 Å². The zero-order valence-electron chi connectivity index (χ0n) is 14.3. The minimum Gasteiger partial charge on any atom is -0.364 e. The number of benzene rings is 1. The SMILES string of the molecule is CC(C)C[C@H](OCc1ccccc1)C(=O)N1CC[C@H]2SCC(=O)[C@H]21.